The highest BCUT2D eigenvalue weighted by Gasteiger charge is 2.19. The van der Waals surface area contributed by atoms with Gasteiger partial charge in [-0.25, -0.2) is 0 Å². The number of aryl methyl sites for hydroxylation is 2. The lowest BCUT2D eigenvalue weighted by Gasteiger charge is -2.21. The summed E-state index contributed by atoms with van der Waals surface area (Å²) in [5, 5.41) is 0. The first kappa shape index (κ1) is 14.9. The molecule has 0 aliphatic carbocycles. The van der Waals surface area contributed by atoms with Crippen LogP contribution in [0.5, 0.6) is 5.75 Å². The number of nitrogens with two attached hydrogens (primary N) is 1. The average Bonchev–Trinajstić information content (AvgIpc) is 2.46. The molecule has 21 heavy (non-hydrogen) atoms. The number of carbonyl (C=O) groups is 1. The fraction of sp³-hybridized carbons (Fsp3) is 0.235. The second-order valence-electron chi connectivity index (χ2n) is 5.08. The van der Waals surface area contributed by atoms with E-state index in [1.807, 2.05) is 32.0 Å². The lowest BCUT2D eigenvalue weighted by Crippen LogP contribution is -2.27. The van der Waals surface area contributed by atoms with E-state index in [4.69, 9.17) is 10.5 Å². The van der Waals surface area contributed by atoms with Gasteiger partial charge >= 0.3 is 0 Å². The second kappa shape index (κ2) is 5.87. The lowest BCUT2D eigenvalue weighted by molar-refractivity contribution is 0.0993. The van der Waals surface area contributed by atoms with Gasteiger partial charge in [0.1, 0.15) is 5.75 Å². The number of hydrogen-bond donors (Lipinski definition) is 1. The van der Waals surface area contributed by atoms with Gasteiger partial charge in [0, 0.05) is 12.7 Å². The number of rotatable bonds is 3. The Labute approximate surface area is 125 Å². The molecule has 0 spiro atoms. The van der Waals surface area contributed by atoms with Gasteiger partial charge in [0.2, 0.25) is 0 Å². The maximum atomic E-state index is 12.7. The van der Waals surface area contributed by atoms with Gasteiger partial charge in [-0.15, -0.1) is 0 Å². The van der Waals surface area contributed by atoms with Crippen LogP contribution in [0.3, 0.4) is 0 Å². The van der Waals surface area contributed by atoms with Gasteiger partial charge in [-0.3, -0.25) is 4.79 Å². The number of hydrogen-bond acceptors (Lipinski definition) is 3. The summed E-state index contributed by atoms with van der Waals surface area (Å²) in [4.78, 5) is 14.3. The number of ether oxygens (including phenoxy) is 1. The summed E-state index contributed by atoms with van der Waals surface area (Å²) in [6.07, 6.45) is 0. The summed E-state index contributed by atoms with van der Waals surface area (Å²) >= 11 is 0. The van der Waals surface area contributed by atoms with Gasteiger partial charge in [-0.1, -0.05) is 23.8 Å². The van der Waals surface area contributed by atoms with Gasteiger partial charge in [0.05, 0.1) is 18.4 Å². The highest BCUT2D eigenvalue weighted by Crippen LogP contribution is 2.28. The molecule has 2 rings (SSSR count). The van der Waals surface area contributed by atoms with E-state index < -0.39 is 0 Å². The minimum atomic E-state index is -0.154. The summed E-state index contributed by atoms with van der Waals surface area (Å²) < 4.78 is 5.16. The first-order valence-electron chi connectivity index (χ1n) is 6.73. The SMILES string of the molecule is COc1cccc(C(=O)N(C)c2ccc(C)cc2C)c1N. The monoisotopic (exact) mass is 284 g/mol. The molecule has 0 saturated carbocycles. The van der Waals surface area contributed by atoms with Crippen LogP contribution >= 0.6 is 0 Å². The zero-order chi connectivity index (χ0) is 15.6. The highest BCUT2D eigenvalue weighted by molar-refractivity contribution is 6.10. The normalized spacial score (nSPS) is 10.3. The van der Waals surface area contributed by atoms with Crippen molar-refractivity contribution in [2.75, 3.05) is 24.8 Å². The van der Waals surface area contributed by atoms with Crippen molar-refractivity contribution in [1.29, 1.82) is 0 Å². The maximum Gasteiger partial charge on any atom is 0.260 e. The topological polar surface area (TPSA) is 55.6 Å². The molecule has 0 fully saturated rings. The van der Waals surface area contributed by atoms with Crippen molar-refractivity contribution < 1.29 is 9.53 Å². The summed E-state index contributed by atoms with van der Waals surface area (Å²) in [6, 6.07) is 11.2. The fourth-order valence-corrected chi connectivity index (χ4v) is 2.38. The Morgan fingerprint density at radius 2 is 1.90 bits per heavy atom. The third kappa shape index (κ3) is 2.84. The van der Waals surface area contributed by atoms with Crippen LogP contribution in [0.15, 0.2) is 36.4 Å². The molecule has 4 nitrogen and oxygen atoms in total. The molecule has 0 atom stereocenters. The number of anilines is 2. The van der Waals surface area contributed by atoms with E-state index in [2.05, 4.69) is 0 Å². The van der Waals surface area contributed by atoms with E-state index in [0.717, 1.165) is 16.8 Å². The molecular formula is C17H20N2O2. The van der Waals surface area contributed by atoms with Crippen molar-refractivity contribution in [3.05, 3.63) is 53.1 Å². The Morgan fingerprint density at radius 1 is 1.19 bits per heavy atom. The van der Waals surface area contributed by atoms with E-state index in [0.29, 0.717) is 17.0 Å². The number of benzene rings is 2. The van der Waals surface area contributed by atoms with Gasteiger partial charge in [-0.05, 0) is 37.6 Å². The van der Waals surface area contributed by atoms with Crippen LogP contribution < -0.4 is 15.4 Å². The first-order chi connectivity index (χ1) is 9.95. The number of carbonyl (C=O) groups excluding carboxylic acids is 1. The minimum Gasteiger partial charge on any atom is -0.495 e. The molecule has 0 aliphatic heterocycles. The molecule has 0 bridgehead atoms. The van der Waals surface area contributed by atoms with E-state index >= 15 is 0 Å². The van der Waals surface area contributed by atoms with Gasteiger partial charge in [-0.2, -0.15) is 0 Å². The zero-order valence-corrected chi connectivity index (χ0v) is 12.8. The molecule has 0 aliphatic rings. The van der Waals surface area contributed by atoms with E-state index in [1.54, 1.807) is 30.1 Å². The average molecular weight is 284 g/mol. The molecule has 1 amide bonds. The van der Waals surface area contributed by atoms with Crippen LogP contribution in [0, 0.1) is 13.8 Å². The quantitative estimate of drug-likeness (QED) is 0.881. The predicted octanol–water partition coefficient (Wildman–Crippen LogP) is 3.17. The summed E-state index contributed by atoms with van der Waals surface area (Å²) in [6.45, 7) is 4.01. The highest BCUT2D eigenvalue weighted by atomic mass is 16.5. The summed E-state index contributed by atoms with van der Waals surface area (Å²) in [5.74, 6) is 0.355. The Hall–Kier alpha value is -2.49. The maximum absolute atomic E-state index is 12.7. The molecule has 0 unspecified atom stereocenters. The zero-order valence-electron chi connectivity index (χ0n) is 12.8. The molecule has 2 aromatic carbocycles. The van der Waals surface area contributed by atoms with E-state index in [9.17, 15) is 4.79 Å². The van der Waals surface area contributed by atoms with Gasteiger partial charge in [0.25, 0.3) is 5.91 Å². The van der Waals surface area contributed by atoms with Crippen molar-refractivity contribution >= 4 is 17.3 Å². The van der Waals surface area contributed by atoms with Crippen molar-refractivity contribution in [2.45, 2.75) is 13.8 Å². The molecule has 2 N–H and O–H groups in total. The third-order valence-electron chi connectivity index (χ3n) is 3.53. The smallest absolute Gasteiger partial charge is 0.260 e. The Morgan fingerprint density at radius 3 is 2.52 bits per heavy atom. The van der Waals surface area contributed by atoms with Crippen molar-refractivity contribution in [3.63, 3.8) is 0 Å². The minimum absolute atomic E-state index is 0.154. The summed E-state index contributed by atoms with van der Waals surface area (Å²) in [5.41, 5.74) is 9.89. The Balaban J connectivity index is 2.40. The Kier molecular flexibility index (Phi) is 4.17. The van der Waals surface area contributed by atoms with E-state index in [1.165, 1.54) is 7.11 Å². The first-order valence-corrected chi connectivity index (χ1v) is 6.73. The largest absolute Gasteiger partial charge is 0.495 e. The van der Waals surface area contributed by atoms with E-state index in [-0.39, 0.29) is 5.91 Å². The molecular weight excluding hydrogens is 264 g/mol. The predicted molar refractivity (Wildman–Crippen MR) is 86.1 cm³/mol. The number of nitrogen functional groups attached to an aromatic ring is 1. The molecule has 0 radical (unpaired) electrons. The van der Waals surface area contributed by atoms with Gasteiger partial charge in [0.15, 0.2) is 0 Å². The van der Waals surface area contributed by atoms with Crippen LogP contribution in [0.2, 0.25) is 0 Å². The number of methoxy groups -OCH3 is 1. The lowest BCUT2D eigenvalue weighted by atomic mass is 10.1. The van der Waals surface area contributed by atoms with Crippen LogP contribution in [0.1, 0.15) is 21.5 Å². The molecule has 110 valence electrons. The van der Waals surface area contributed by atoms with Crippen LogP contribution in [0.25, 0.3) is 0 Å². The number of nitrogens with zero attached hydrogens (tertiary/aromatic N) is 1. The Bertz CT molecular complexity index is 680. The van der Waals surface area contributed by atoms with Gasteiger partial charge < -0.3 is 15.4 Å². The number of para-hydroxylation sites is 1. The van der Waals surface area contributed by atoms with Crippen LogP contribution in [0.4, 0.5) is 11.4 Å². The fourth-order valence-electron chi connectivity index (χ4n) is 2.38. The molecule has 0 aromatic heterocycles. The van der Waals surface area contributed by atoms with Crippen molar-refractivity contribution in [2.24, 2.45) is 0 Å². The second-order valence-corrected chi connectivity index (χ2v) is 5.08. The molecule has 2 aromatic rings. The van der Waals surface area contributed by atoms with Crippen molar-refractivity contribution in [1.82, 2.24) is 0 Å². The number of amides is 1. The van der Waals surface area contributed by atoms with Crippen LogP contribution in [-0.2, 0) is 0 Å². The third-order valence-corrected chi connectivity index (χ3v) is 3.53. The summed E-state index contributed by atoms with van der Waals surface area (Å²) in [7, 11) is 3.28. The van der Waals surface area contributed by atoms with Crippen LogP contribution in [-0.4, -0.2) is 20.1 Å². The standard InChI is InChI=1S/C17H20N2O2/c1-11-8-9-14(12(2)10-11)19(3)17(20)13-6-5-7-15(21-4)16(13)18/h5-10H,18H2,1-4H3. The molecule has 0 saturated heterocycles. The van der Waals surface area contributed by atoms with Crippen molar-refractivity contribution in [3.8, 4) is 5.75 Å². The molecule has 4 heteroatoms. The molecule has 0 heterocycles.